The average Bonchev–Trinajstić information content (AvgIpc) is 0.878. The third-order valence-corrected chi connectivity index (χ3v) is 19.2. The molecule has 0 spiro atoms. The normalized spacial score (nSPS) is 9.66. The molecule has 0 aliphatic heterocycles. The number of allylic oxidation sites excluding steroid dienone is 2. The third-order valence-electron chi connectivity index (χ3n) is 19.2. The smallest absolute Gasteiger partial charge is 0.311 e. The largest absolute Gasteiger partial charge is 0.463 e. The van der Waals surface area contributed by atoms with Crippen molar-refractivity contribution < 1.29 is 119 Å². The Hall–Kier alpha value is -18.4. The van der Waals surface area contributed by atoms with Gasteiger partial charge in [-0.3, -0.25) is 28.8 Å². The Labute approximate surface area is 871 Å². The van der Waals surface area contributed by atoms with Crippen LogP contribution in [0.4, 0.5) is 0 Å². The van der Waals surface area contributed by atoms with Crippen LogP contribution in [0.15, 0.2) is 195 Å². The van der Waals surface area contributed by atoms with Gasteiger partial charge >= 0.3 is 17.9 Å². The Morgan fingerprint density at radius 3 is 0.993 bits per heavy atom. The highest BCUT2D eigenvalue weighted by Gasteiger charge is 2.17. The van der Waals surface area contributed by atoms with Crippen molar-refractivity contribution in [1.82, 2.24) is 0 Å². The van der Waals surface area contributed by atoms with Crippen molar-refractivity contribution >= 4 is 59.6 Å². The van der Waals surface area contributed by atoms with E-state index in [0.717, 1.165) is 115 Å². The highest BCUT2D eigenvalue weighted by Crippen LogP contribution is 2.30. The number of rotatable bonds is 65. The molecular weight excluding hydrogens is 1910 g/mol. The first-order valence-corrected chi connectivity index (χ1v) is 46.6. The molecule has 0 aliphatic rings. The monoisotopic (exact) mass is 2040 g/mol. The Morgan fingerprint density at radius 2 is 0.671 bits per heavy atom. The van der Waals surface area contributed by atoms with E-state index < -0.39 is 0 Å². The molecule has 0 aliphatic carbocycles. The maximum Gasteiger partial charge on any atom is 0.311 e. The number of carbonyl (C=O) groups excluding carboxylic acids is 8. The molecule has 0 heterocycles. The lowest BCUT2D eigenvalue weighted by Gasteiger charge is -2.13. The molecule has 2 unspecified atom stereocenters. The van der Waals surface area contributed by atoms with Gasteiger partial charge in [0.15, 0.2) is 0 Å². The summed E-state index contributed by atoms with van der Waals surface area (Å²) >= 11 is 0. The van der Waals surface area contributed by atoms with Crippen LogP contribution in [0.2, 0.25) is 0 Å². The quantitative estimate of drug-likeness (QED) is 0.00150. The summed E-state index contributed by atoms with van der Waals surface area (Å²) < 4.78 is 65.9. The maximum atomic E-state index is 12.1. The minimum Gasteiger partial charge on any atom is -0.463 e. The lowest BCUT2D eigenvalue weighted by Crippen LogP contribution is -2.12. The first-order chi connectivity index (χ1) is 72.5. The number of benzene rings is 6. The van der Waals surface area contributed by atoms with Crippen LogP contribution < -0.4 is 88.5 Å². The van der Waals surface area contributed by atoms with Gasteiger partial charge in [-0.25, -0.2) is 39.1 Å². The van der Waals surface area contributed by atoms with E-state index in [9.17, 15) is 38.4 Å². The molecule has 6 aromatic carbocycles. The van der Waals surface area contributed by atoms with Crippen LogP contribution in [-0.2, 0) is 109 Å². The van der Waals surface area contributed by atoms with Gasteiger partial charge in [0.05, 0.1) is 13.1 Å². The minimum absolute atomic E-state index is 0.0880. The van der Waals surface area contributed by atoms with Crippen LogP contribution >= 0.6 is 0 Å². The van der Waals surface area contributed by atoms with E-state index in [-0.39, 0.29) is 99.4 Å². The molecule has 786 valence electrons. The molecule has 0 bridgehead atoms. The van der Waals surface area contributed by atoms with Gasteiger partial charge in [0.1, 0.15) is 171 Å². The van der Waals surface area contributed by atoms with Gasteiger partial charge < -0.3 is 107 Å². The lowest BCUT2D eigenvalue weighted by atomic mass is 9.95. The highest BCUT2D eigenvalue weighted by molar-refractivity contribution is 5.81. The van der Waals surface area contributed by atoms with E-state index >= 15 is 0 Å². The summed E-state index contributed by atoms with van der Waals surface area (Å²) in [5.74, 6) is 3.94. The number of Topliss-reactive ketones (excluding diaryl/α,β-unsaturated/α-hetero) is 3. The van der Waals surface area contributed by atoms with Crippen molar-refractivity contribution in [1.29, 1.82) is 10.5 Å². The van der Waals surface area contributed by atoms with Gasteiger partial charge in [-0.05, 0) is 208 Å². The van der Waals surface area contributed by atoms with Gasteiger partial charge in [-0.15, -0.1) is 19.7 Å². The molecule has 16 N–H and O–H groups in total. The van der Waals surface area contributed by atoms with Crippen molar-refractivity contribution in [3.05, 3.63) is 224 Å². The number of ketones is 3. The van der Waals surface area contributed by atoms with Crippen LogP contribution in [0.25, 0.3) is 12.2 Å². The minimum atomic E-state index is -0.380. The number of isocyanates is 2. The van der Waals surface area contributed by atoms with Crippen LogP contribution in [0.5, 0.6) is 51.7 Å². The van der Waals surface area contributed by atoms with Crippen LogP contribution in [0.3, 0.4) is 0 Å². The Kier molecular flexibility index (Phi) is 76.5. The van der Waals surface area contributed by atoms with Gasteiger partial charge in [0.2, 0.25) is 12.2 Å². The van der Waals surface area contributed by atoms with E-state index in [4.69, 9.17) is 128 Å². The molecule has 0 fully saturated rings. The molecule has 6 aromatic rings. The predicted octanol–water partition coefficient (Wildman–Crippen LogP) is 13.6. The molecule has 37 nitrogen and oxygen atoms in total. The van der Waals surface area contributed by atoms with Crippen molar-refractivity contribution in [3.8, 4) is 161 Å². The first kappa shape index (κ1) is 129. The number of ether oxygens (including phenoxy) is 13. The van der Waals surface area contributed by atoms with E-state index in [0.29, 0.717) is 155 Å². The molecule has 0 amide bonds. The second kappa shape index (κ2) is 88.6. The number of hydrogen-bond donors (Lipinski definition) is 8. The molecular formula is C112H128N12O25. The molecule has 0 aromatic heterocycles. The van der Waals surface area contributed by atoms with E-state index in [2.05, 4.69) is 156 Å². The number of hydrogen-bond acceptors (Lipinski definition) is 37. The predicted molar refractivity (Wildman–Crippen MR) is 558 cm³/mol. The van der Waals surface area contributed by atoms with Gasteiger partial charge in [0.25, 0.3) is 12.5 Å². The van der Waals surface area contributed by atoms with Crippen molar-refractivity contribution in [2.24, 2.45) is 67.7 Å². The number of esters is 3. The highest BCUT2D eigenvalue weighted by atomic mass is 17.2. The number of unbranched alkanes of at least 4 members (excludes halogenated alkanes) is 2. The van der Waals surface area contributed by atoms with Crippen molar-refractivity contribution in [2.45, 2.75) is 167 Å². The molecule has 2 atom stereocenters. The van der Waals surface area contributed by atoms with Gasteiger partial charge in [0, 0.05) is 130 Å². The summed E-state index contributed by atoms with van der Waals surface area (Å²) in [5, 5.41) is 16.6. The van der Waals surface area contributed by atoms with E-state index in [1.165, 1.54) is 0 Å². The topological polar surface area (TPSA) is 574 Å². The molecule has 0 saturated heterocycles. The van der Waals surface area contributed by atoms with Gasteiger partial charge in [-0.2, -0.15) is 10.5 Å². The number of nitrogens with two attached hydrogens (primary N) is 8. The molecule has 0 saturated carbocycles. The molecule has 0 radical (unpaired) electrons. The number of aliphatic imine (C=N–C) groups is 2. The van der Waals surface area contributed by atoms with E-state index in [1.807, 2.05) is 43.3 Å². The van der Waals surface area contributed by atoms with E-state index in [1.54, 1.807) is 140 Å². The Morgan fingerprint density at radius 1 is 0.349 bits per heavy atom. The fourth-order valence-electron chi connectivity index (χ4n) is 12.4. The van der Waals surface area contributed by atoms with Crippen LogP contribution in [-0.4, -0.2) is 113 Å². The Bertz CT molecular complexity index is 5730. The maximum absolute atomic E-state index is 12.1. The summed E-state index contributed by atoms with van der Waals surface area (Å²) in [5.41, 5.74) is 47.7. The summed E-state index contributed by atoms with van der Waals surface area (Å²) in [4.78, 5) is 118. The summed E-state index contributed by atoms with van der Waals surface area (Å²) in [7, 11) is 0. The zero-order valence-electron chi connectivity index (χ0n) is 83.7. The number of aryl methyl sites for hydroxylation is 4. The van der Waals surface area contributed by atoms with Crippen molar-refractivity contribution in [3.63, 3.8) is 0 Å². The molecule has 37 heteroatoms. The fourth-order valence-corrected chi connectivity index (χ4v) is 12.4. The number of nitriles is 2. The van der Waals surface area contributed by atoms with Crippen molar-refractivity contribution in [2.75, 3.05) is 65.9 Å². The van der Waals surface area contributed by atoms with Gasteiger partial charge in [-0.1, -0.05) is 105 Å². The zero-order valence-corrected chi connectivity index (χ0v) is 83.7. The van der Waals surface area contributed by atoms with Crippen LogP contribution in [0, 0.1) is 132 Å². The van der Waals surface area contributed by atoms with Crippen LogP contribution in [0.1, 0.15) is 174 Å². The first-order valence-electron chi connectivity index (χ1n) is 46.6. The zero-order chi connectivity index (χ0) is 109. The standard InChI is InChI=1S/C21H18N2O4.C21H26N2O3.C19H22N2O6.C18H20N2O6.C17H18N2O3.C16H24N2O3/c1-2-16-3-6-18(7-4-16)27-21(24)8-5-17-13-19(25-11-9-22)15-20(14-17)26-12-10-23;1-2-18-9-11-19(12-10-18)14-21(25)8-4-3-6-20(15-23-17-24)7-5-13-26-16-22;1-15(2)14-27-26-10-9-25-19(22)4-3-16-11-17(23-7-5-20)13-18(12-16)24-8-6-21;1-2-7-25-26-11-10-24-18(21)4-3-15-12-16(22-8-5-19)14-17(13-15)23-9-6-20;1-2-3-4-15(20)6-5-14-11-16(21-9-7-18)13-17(12-14)22-10-8-19;1-2-3-9-16(20)10-5-4-7-15(12-18-14-19)8-6-11-21-13-17/h2-4,6-7,13-15H,1,5,8,22-23H2;2,9-12,20H,1,3-8,13-15H2;11-13H,1,3-4,9-10,14,20-21H2,2H3;2,12-14H,1,3-4,7,10-11,19-20H2;2,11-13H,1,3-6,18-19H2;2,15H,1,3-12H2. The fraction of sp³-hybridized carbons (Fsp3) is 0.339. The lowest BCUT2D eigenvalue weighted by molar-refractivity contribution is -0.291. The molecule has 6 rings (SSSR count). The number of carbonyl (C=O) groups is 6. The third kappa shape index (κ3) is 70.9. The summed E-state index contributed by atoms with van der Waals surface area (Å²) in [6, 6.07) is 52.1. The SMILES string of the molecule is C=C(C)COOCCOC(=O)CCc1cc(OC#CN)cc(OC#CN)c1.C=CCCC(=O)CCCCC(CCCOC#N)CN=C=O.C=CCCC(=O)CCc1cc(OC#CN)cc(OC#CN)c1.C=CCOOCCOC(=O)CCc1cc(OC#CN)cc(OC#CN)c1.C=Cc1ccc(CC(=O)CCCCC(CCCOC#N)CN=C=O)cc1.C=Cc1ccc(OC(=O)CCc2cc(OC#CN)cc(OC#CN)c2)cc1. The second-order valence-electron chi connectivity index (χ2n) is 30.8. The molecule has 149 heavy (non-hydrogen) atoms. The second-order valence-corrected chi connectivity index (χ2v) is 30.8. The Balaban J connectivity index is 0.000000896. The summed E-state index contributed by atoms with van der Waals surface area (Å²) in [6.07, 6.45) is 48.7. The average molecular weight is 2040 g/mol. The number of nitrogens with zero attached hydrogens (tertiary/aromatic N) is 4. The summed E-state index contributed by atoms with van der Waals surface area (Å²) in [6.45, 7) is 26.2.